The number of hydrogen-bond donors (Lipinski definition) is 1. The fraction of sp³-hybridized carbons (Fsp3) is 0.667. The first-order chi connectivity index (χ1) is 14.0. The lowest BCUT2D eigenvalue weighted by Gasteiger charge is -2.29. The second-order valence-corrected chi connectivity index (χ2v) is 8.23. The fourth-order valence-corrected chi connectivity index (χ4v) is 3.72. The molecule has 1 amide bonds. The molecule has 8 heteroatoms. The minimum atomic E-state index is -0.0258. The van der Waals surface area contributed by atoms with E-state index in [2.05, 4.69) is 15.3 Å². The van der Waals surface area contributed by atoms with Gasteiger partial charge in [0.2, 0.25) is 11.8 Å². The molecule has 0 aromatic carbocycles. The highest BCUT2D eigenvalue weighted by atomic mass is 16.5. The maximum Gasteiger partial charge on any atom is 0.297 e. The Labute approximate surface area is 170 Å². The molecule has 2 aromatic rings. The van der Waals surface area contributed by atoms with Gasteiger partial charge in [-0.05, 0) is 45.4 Å². The summed E-state index contributed by atoms with van der Waals surface area (Å²) in [5.74, 6) is 0.628. The van der Waals surface area contributed by atoms with Crippen LogP contribution in [0.15, 0.2) is 12.3 Å². The molecule has 0 aliphatic heterocycles. The highest BCUT2D eigenvalue weighted by molar-refractivity contribution is 5.76. The highest BCUT2D eigenvalue weighted by Crippen LogP contribution is 2.30. The lowest BCUT2D eigenvalue weighted by molar-refractivity contribution is -0.120. The smallest absolute Gasteiger partial charge is 0.297 e. The Kier molecular flexibility index (Phi) is 5.89. The summed E-state index contributed by atoms with van der Waals surface area (Å²) in [7, 11) is 1.96. The van der Waals surface area contributed by atoms with Crippen molar-refractivity contribution < 1.29 is 19.0 Å². The number of imidazole rings is 1. The summed E-state index contributed by atoms with van der Waals surface area (Å²) in [6.45, 7) is 4.02. The number of nitrogens with one attached hydrogen (secondary N) is 1. The molecule has 0 bridgehead atoms. The highest BCUT2D eigenvalue weighted by Gasteiger charge is 2.26. The van der Waals surface area contributed by atoms with Crippen LogP contribution in [-0.2, 0) is 16.6 Å². The van der Waals surface area contributed by atoms with E-state index in [-0.39, 0.29) is 24.2 Å². The van der Waals surface area contributed by atoms with Crippen LogP contribution in [0.25, 0.3) is 11.0 Å². The maximum absolute atomic E-state index is 11.1. The van der Waals surface area contributed by atoms with Gasteiger partial charge < -0.3 is 19.5 Å². The van der Waals surface area contributed by atoms with Crippen molar-refractivity contribution in [2.75, 3.05) is 6.61 Å². The average molecular weight is 402 g/mol. The van der Waals surface area contributed by atoms with E-state index in [0.29, 0.717) is 24.6 Å². The molecule has 29 heavy (non-hydrogen) atoms. The van der Waals surface area contributed by atoms with Crippen LogP contribution in [-0.4, -0.2) is 51.4 Å². The van der Waals surface area contributed by atoms with E-state index >= 15 is 0 Å². The molecule has 2 aliphatic rings. The van der Waals surface area contributed by atoms with Crippen molar-refractivity contribution in [3.05, 3.63) is 12.3 Å². The Morgan fingerprint density at radius 2 is 1.83 bits per heavy atom. The summed E-state index contributed by atoms with van der Waals surface area (Å²) in [5, 5.41) is 2.85. The van der Waals surface area contributed by atoms with Crippen LogP contribution in [0.2, 0.25) is 0 Å². The molecule has 2 aromatic heterocycles. The average Bonchev–Trinajstić information content (AvgIpc) is 3.45. The van der Waals surface area contributed by atoms with Crippen LogP contribution in [0.5, 0.6) is 11.9 Å². The third kappa shape index (κ3) is 5.18. The van der Waals surface area contributed by atoms with E-state index in [1.807, 2.05) is 24.6 Å². The molecule has 1 N–H and O–H groups in total. The van der Waals surface area contributed by atoms with Gasteiger partial charge in [-0.3, -0.25) is 9.36 Å². The van der Waals surface area contributed by atoms with E-state index in [1.54, 1.807) is 6.20 Å². The molecule has 8 nitrogen and oxygen atoms in total. The van der Waals surface area contributed by atoms with Crippen molar-refractivity contribution in [3.63, 3.8) is 0 Å². The van der Waals surface area contributed by atoms with Gasteiger partial charge in [0, 0.05) is 26.1 Å². The van der Waals surface area contributed by atoms with Crippen molar-refractivity contribution >= 4 is 16.9 Å². The van der Waals surface area contributed by atoms with Crippen molar-refractivity contribution in [3.8, 4) is 11.9 Å². The van der Waals surface area contributed by atoms with E-state index in [4.69, 9.17) is 14.2 Å². The summed E-state index contributed by atoms with van der Waals surface area (Å²) in [6, 6.07) is 2.59. The van der Waals surface area contributed by atoms with Gasteiger partial charge in [0.1, 0.15) is 17.7 Å². The van der Waals surface area contributed by atoms with Gasteiger partial charge in [0.15, 0.2) is 0 Å². The molecule has 0 saturated heterocycles. The zero-order valence-electron chi connectivity index (χ0n) is 17.4. The molecule has 0 spiro atoms. The van der Waals surface area contributed by atoms with E-state index in [0.717, 1.165) is 49.6 Å². The second kappa shape index (κ2) is 8.57. The number of ether oxygens (including phenoxy) is 3. The monoisotopic (exact) mass is 402 g/mol. The molecule has 2 heterocycles. The van der Waals surface area contributed by atoms with Crippen LogP contribution in [0.1, 0.15) is 52.4 Å². The van der Waals surface area contributed by atoms with Crippen LogP contribution in [0.4, 0.5) is 0 Å². The molecular formula is C21H30N4O4. The van der Waals surface area contributed by atoms with Crippen molar-refractivity contribution in [2.45, 2.75) is 76.7 Å². The van der Waals surface area contributed by atoms with Gasteiger partial charge >= 0.3 is 0 Å². The van der Waals surface area contributed by atoms with Gasteiger partial charge in [-0.1, -0.05) is 0 Å². The van der Waals surface area contributed by atoms with Gasteiger partial charge in [0.05, 0.1) is 24.4 Å². The first-order valence-electron chi connectivity index (χ1n) is 10.5. The summed E-state index contributed by atoms with van der Waals surface area (Å²) in [5.41, 5.74) is 1.78. The number of amides is 1. The molecule has 1 atom stereocenters. The van der Waals surface area contributed by atoms with E-state index < -0.39 is 0 Å². The maximum atomic E-state index is 11.1. The van der Waals surface area contributed by atoms with Gasteiger partial charge in [-0.15, -0.1) is 0 Å². The number of pyridine rings is 1. The lowest BCUT2D eigenvalue weighted by Crippen LogP contribution is -2.37. The third-order valence-electron chi connectivity index (χ3n) is 5.44. The molecule has 4 rings (SSSR count). The molecule has 2 aliphatic carbocycles. The Hall–Kier alpha value is -2.35. The first-order valence-corrected chi connectivity index (χ1v) is 10.5. The van der Waals surface area contributed by atoms with Crippen LogP contribution < -0.4 is 14.8 Å². The van der Waals surface area contributed by atoms with E-state index in [9.17, 15) is 4.79 Å². The SMILES string of the molecule is CC(=O)N[C@@H](C)COC1CCC(Oc2nc3cnc(OC4CC4)cc3n2C)CC1. The largest absolute Gasteiger partial charge is 0.474 e. The summed E-state index contributed by atoms with van der Waals surface area (Å²) < 4.78 is 19.9. The van der Waals surface area contributed by atoms with Crippen molar-refractivity contribution in [1.29, 1.82) is 0 Å². The van der Waals surface area contributed by atoms with Crippen molar-refractivity contribution in [2.24, 2.45) is 7.05 Å². The Morgan fingerprint density at radius 1 is 1.17 bits per heavy atom. The summed E-state index contributed by atoms with van der Waals surface area (Å²) in [6.07, 6.45) is 8.39. The first kappa shape index (κ1) is 19.9. The predicted octanol–water partition coefficient (Wildman–Crippen LogP) is 2.74. The normalized spacial score (nSPS) is 23.0. The molecule has 158 valence electrons. The third-order valence-corrected chi connectivity index (χ3v) is 5.44. The summed E-state index contributed by atoms with van der Waals surface area (Å²) >= 11 is 0. The standard InChI is InChI=1S/C21H30N4O4/c1-13(23-14(2)26)12-27-15-4-6-17(7-5-15)29-21-24-18-11-22-20(28-16-8-9-16)10-19(18)25(21)3/h10-11,13,15-17H,4-9,12H2,1-3H3,(H,23,26)/t13-,15?,17?/m0/s1. The minimum Gasteiger partial charge on any atom is -0.474 e. The molecule has 2 saturated carbocycles. The van der Waals surface area contributed by atoms with E-state index in [1.165, 1.54) is 6.92 Å². The topological polar surface area (TPSA) is 87.5 Å². The molecule has 2 fully saturated rings. The number of nitrogens with zero attached hydrogens (tertiary/aromatic N) is 3. The number of carbonyl (C=O) groups is 1. The summed E-state index contributed by atoms with van der Waals surface area (Å²) in [4.78, 5) is 20.0. The predicted molar refractivity (Wildman–Crippen MR) is 108 cm³/mol. The zero-order valence-corrected chi connectivity index (χ0v) is 17.4. The second-order valence-electron chi connectivity index (χ2n) is 8.23. The lowest BCUT2D eigenvalue weighted by atomic mass is 9.95. The number of rotatable bonds is 8. The number of fused-ring (bicyclic) bond motifs is 1. The quantitative estimate of drug-likeness (QED) is 0.731. The van der Waals surface area contributed by atoms with Crippen LogP contribution in [0, 0.1) is 0 Å². The number of carbonyl (C=O) groups excluding carboxylic acids is 1. The number of aryl methyl sites for hydroxylation is 1. The van der Waals surface area contributed by atoms with Crippen molar-refractivity contribution in [1.82, 2.24) is 19.9 Å². The molecule has 0 radical (unpaired) electrons. The van der Waals surface area contributed by atoms with Crippen LogP contribution >= 0.6 is 0 Å². The fourth-order valence-electron chi connectivity index (χ4n) is 3.72. The molecule has 0 unspecified atom stereocenters. The Bertz CT molecular complexity index is 856. The van der Waals surface area contributed by atoms with Gasteiger partial charge in [0.25, 0.3) is 6.01 Å². The molecular weight excluding hydrogens is 372 g/mol. The Balaban J connectivity index is 1.29. The van der Waals surface area contributed by atoms with Crippen LogP contribution in [0.3, 0.4) is 0 Å². The van der Waals surface area contributed by atoms with Gasteiger partial charge in [-0.25, -0.2) is 4.98 Å². The van der Waals surface area contributed by atoms with Gasteiger partial charge in [-0.2, -0.15) is 4.98 Å². The zero-order chi connectivity index (χ0) is 20.4. The number of hydrogen-bond acceptors (Lipinski definition) is 6. The number of aromatic nitrogens is 3. The minimum absolute atomic E-state index is 0.0258. The Morgan fingerprint density at radius 3 is 2.52 bits per heavy atom.